The monoisotopic (exact) mass is 430 g/mol. The van der Waals surface area contributed by atoms with Gasteiger partial charge in [-0.2, -0.15) is 5.10 Å². The molecule has 2 aromatic carbocycles. The maximum absolute atomic E-state index is 12.2. The molecule has 0 bridgehead atoms. The maximum Gasteiger partial charge on any atom is 0.269 e. The van der Waals surface area contributed by atoms with Crippen molar-refractivity contribution in [2.24, 2.45) is 0 Å². The van der Waals surface area contributed by atoms with Crippen molar-refractivity contribution in [3.05, 3.63) is 75.4 Å². The first-order valence-electron chi connectivity index (χ1n) is 8.22. The van der Waals surface area contributed by atoms with E-state index in [1.54, 1.807) is 4.68 Å². The van der Waals surface area contributed by atoms with E-state index in [1.807, 2.05) is 42.5 Å². The third-order valence-electron chi connectivity index (χ3n) is 4.29. The van der Waals surface area contributed by atoms with Gasteiger partial charge < -0.3 is 5.32 Å². The van der Waals surface area contributed by atoms with E-state index in [-0.39, 0.29) is 12.1 Å². The average Bonchev–Trinajstić information content (AvgIpc) is 3.08. The van der Waals surface area contributed by atoms with Crippen LogP contribution in [-0.4, -0.2) is 22.2 Å². The topological polar surface area (TPSA) is 59.0 Å². The third kappa shape index (κ3) is 3.53. The van der Waals surface area contributed by atoms with Gasteiger partial charge in [-0.05, 0) is 35.9 Å². The maximum atomic E-state index is 12.2. The molecule has 0 saturated carbocycles. The highest BCUT2D eigenvalue weighted by Crippen LogP contribution is 2.24. The van der Waals surface area contributed by atoms with Gasteiger partial charge >= 0.3 is 0 Å². The van der Waals surface area contributed by atoms with Gasteiger partial charge in [-0.1, -0.05) is 51.8 Å². The predicted octanol–water partition coefficient (Wildman–Crippen LogP) is 4.00. The van der Waals surface area contributed by atoms with Crippen LogP contribution in [0.2, 0.25) is 5.02 Å². The number of nitrogens with zero attached hydrogens (tertiary/aromatic N) is 2. The molecule has 0 spiro atoms. The van der Waals surface area contributed by atoms with Crippen LogP contribution in [0.1, 0.15) is 22.2 Å². The van der Waals surface area contributed by atoms with Gasteiger partial charge in [-0.3, -0.25) is 10.1 Å². The number of halogens is 2. The van der Waals surface area contributed by atoms with Gasteiger partial charge in [-0.15, -0.1) is 0 Å². The van der Waals surface area contributed by atoms with E-state index in [0.717, 1.165) is 21.3 Å². The van der Waals surface area contributed by atoms with Gasteiger partial charge in [0.25, 0.3) is 5.91 Å². The Labute approximate surface area is 164 Å². The van der Waals surface area contributed by atoms with Gasteiger partial charge in [-0.25, -0.2) is 4.68 Å². The standard InChI is InChI=1S/C19H16BrClN4O/c20-14-3-1-2-12(8-14)10-22-18-11-23-19(26)17-9-16(24-25(17)18)13-4-6-15(21)7-5-13/h1-9,18,22H,10-11H2,(H,23,26)/t18-/m0/s1. The Bertz CT molecular complexity index is 954. The normalized spacial score (nSPS) is 16.2. The second-order valence-electron chi connectivity index (χ2n) is 6.10. The Morgan fingerprint density at radius 3 is 2.81 bits per heavy atom. The Hall–Kier alpha value is -2.15. The number of benzene rings is 2. The van der Waals surface area contributed by atoms with Crippen LogP contribution >= 0.6 is 27.5 Å². The highest BCUT2D eigenvalue weighted by atomic mass is 79.9. The Balaban J connectivity index is 1.59. The van der Waals surface area contributed by atoms with Crippen molar-refractivity contribution in [2.45, 2.75) is 12.7 Å². The van der Waals surface area contributed by atoms with Crippen molar-refractivity contribution in [1.82, 2.24) is 20.4 Å². The van der Waals surface area contributed by atoms with Crippen LogP contribution < -0.4 is 10.6 Å². The van der Waals surface area contributed by atoms with Crippen LogP contribution in [0.3, 0.4) is 0 Å². The van der Waals surface area contributed by atoms with Crippen molar-refractivity contribution in [2.75, 3.05) is 6.54 Å². The summed E-state index contributed by atoms with van der Waals surface area (Å²) in [6, 6.07) is 17.4. The lowest BCUT2D eigenvalue weighted by Crippen LogP contribution is -2.45. The Morgan fingerprint density at radius 2 is 2.04 bits per heavy atom. The van der Waals surface area contributed by atoms with E-state index >= 15 is 0 Å². The highest BCUT2D eigenvalue weighted by molar-refractivity contribution is 9.10. The van der Waals surface area contributed by atoms with Crippen molar-refractivity contribution in [3.8, 4) is 11.3 Å². The lowest BCUT2D eigenvalue weighted by molar-refractivity contribution is 0.0900. The van der Waals surface area contributed by atoms with E-state index < -0.39 is 0 Å². The molecule has 0 fully saturated rings. The summed E-state index contributed by atoms with van der Waals surface area (Å²) in [4.78, 5) is 12.2. The van der Waals surface area contributed by atoms with Gasteiger partial charge in [0.2, 0.25) is 0 Å². The molecule has 2 N–H and O–H groups in total. The average molecular weight is 432 g/mol. The summed E-state index contributed by atoms with van der Waals surface area (Å²) in [5.41, 5.74) is 3.38. The number of nitrogens with one attached hydrogen (secondary N) is 2. The van der Waals surface area contributed by atoms with Crippen molar-refractivity contribution >= 4 is 33.4 Å². The fourth-order valence-corrected chi connectivity index (χ4v) is 3.54. The highest BCUT2D eigenvalue weighted by Gasteiger charge is 2.27. The molecule has 1 aliphatic heterocycles. The summed E-state index contributed by atoms with van der Waals surface area (Å²) in [5.74, 6) is -0.113. The van der Waals surface area contributed by atoms with Crippen LogP contribution in [0, 0.1) is 0 Å². The number of hydrogen-bond acceptors (Lipinski definition) is 3. The number of hydrogen-bond donors (Lipinski definition) is 2. The zero-order valence-corrected chi connectivity index (χ0v) is 16.1. The molecular weight excluding hydrogens is 416 g/mol. The fraction of sp³-hybridized carbons (Fsp3) is 0.158. The summed E-state index contributed by atoms with van der Waals surface area (Å²) in [5, 5.41) is 11.7. The molecule has 3 aromatic rings. The fourth-order valence-electron chi connectivity index (χ4n) is 2.97. The first kappa shape index (κ1) is 17.3. The molecule has 0 unspecified atom stereocenters. The summed E-state index contributed by atoms with van der Waals surface area (Å²) >= 11 is 9.44. The molecule has 132 valence electrons. The van der Waals surface area contributed by atoms with E-state index in [4.69, 9.17) is 11.6 Å². The van der Waals surface area contributed by atoms with Gasteiger partial charge in [0.05, 0.1) is 12.2 Å². The van der Waals surface area contributed by atoms with Crippen LogP contribution in [0.5, 0.6) is 0 Å². The molecule has 1 amide bonds. The van der Waals surface area contributed by atoms with Gasteiger partial charge in [0.15, 0.2) is 0 Å². The van der Waals surface area contributed by atoms with Gasteiger partial charge in [0, 0.05) is 21.6 Å². The summed E-state index contributed by atoms with van der Waals surface area (Å²) in [6.07, 6.45) is -0.109. The molecule has 1 atom stereocenters. The molecule has 0 radical (unpaired) electrons. The lowest BCUT2D eigenvalue weighted by atomic mass is 10.1. The number of aromatic nitrogens is 2. The summed E-state index contributed by atoms with van der Waals surface area (Å²) in [7, 11) is 0. The summed E-state index contributed by atoms with van der Waals surface area (Å²) in [6.45, 7) is 1.16. The molecule has 7 heteroatoms. The summed E-state index contributed by atoms with van der Waals surface area (Å²) < 4.78 is 2.80. The molecule has 0 saturated heterocycles. The second-order valence-corrected chi connectivity index (χ2v) is 7.46. The van der Waals surface area contributed by atoms with Crippen LogP contribution in [0.4, 0.5) is 0 Å². The lowest BCUT2D eigenvalue weighted by Gasteiger charge is -2.25. The van der Waals surface area contributed by atoms with E-state index in [0.29, 0.717) is 23.8 Å². The number of amides is 1. The Morgan fingerprint density at radius 1 is 1.23 bits per heavy atom. The smallest absolute Gasteiger partial charge is 0.269 e. The first-order chi connectivity index (χ1) is 12.6. The van der Waals surface area contributed by atoms with Crippen LogP contribution in [0.25, 0.3) is 11.3 Å². The number of carbonyl (C=O) groups is 1. The number of carbonyl (C=O) groups excluding carboxylic acids is 1. The number of rotatable bonds is 4. The third-order valence-corrected chi connectivity index (χ3v) is 5.04. The van der Waals surface area contributed by atoms with E-state index in [9.17, 15) is 4.79 Å². The largest absolute Gasteiger partial charge is 0.347 e. The zero-order chi connectivity index (χ0) is 18.1. The predicted molar refractivity (Wildman–Crippen MR) is 105 cm³/mol. The molecule has 26 heavy (non-hydrogen) atoms. The molecule has 5 nitrogen and oxygen atoms in total. The molecule has 2 heterocycles. The van der Waals surface area contributed by atoms with Crippen molar-refractivity contribution in [1.29, 1.82) is 0 Å². The molecule has 1 aromatic heterocycles. The van der Waals surface area contributed by atoms with Gasteiger partial charge in [0.1, 0.15) is 11.9 Å². The van der Waals surface area contributed by atoms with Crippen LogP contribution in [0.15, 0.2) is 59.1 Å². The molecule has 0 aliphatic carbocycles. The number of fused-ring (bicyclic) bond motifs is 1. The second kappa shape index (κ2) is 7.23. The molecule has 4 rings (SSSR count). The van der Waals surface area contributed by atoms with Crippen molar-refractivity contribution in [3.63, 3.8) is 0 Å². The SMILES string of the molecule is O=C1NC[C@@H](NCc2cccc(Br)c2)n2nc(-c3ccc(Cl)cc3)cc21. The zero-order valence-electron chi connectivity index (χ0n) is 13.7. The quantitative estimate of drug-likeness (QED) is 0.656. The van der Waals surface area contributed by atoms with E-state index in [2.05, 4.69) is 43.8 Å². The van der Waals surface area contributed by atoms with E-state index in [1.165, 1.54) is 0 Å². The van der Waals surface area contributed by atoms with Crippen LogP contribution in [-0.2, 0) is 6.54 Å². The molecular formula is C19H16BrClN4O. The van der Waals surface area contributed by atoms with Crippen molar-refractivity contribution < 1.29 is 4.79 Å². The Kier molecular flexibility index (Phi) is 4.80. The molecule has 1 aliphatic rings. The minimum Gasteiger partial charge on any atom is -0.347 e. The first-order valence-corrected chi connectivity index (χ1v) is 9.39. The minimum atomic E-state index is -0.113. The minimum absolute atomic E-state index is 0.109.